The molecule has 0 radical (unpaired) electrons. The van der Waals surface area contributed by atoms with Crippen molar-refractivity contribution in [3.8, 4) is 5.75 Å². The van der Waals surface area contributed by atoms with Gasteiger partial charge in [-0.25, -0.2) is 9.37 Å². The molecule has 0 saturated heterocycles. The first-order valence-corrected chi connectivity index (χ1v) is 12.6. The number of halogens is 4. The van der Waals surface area contributed by atoms with E-state index in [0.29, 0.717) is 42.8 Å². The molecule has 1 aromatic rings. The Morgan fingerprint density at radius 3 is 2.28 bits per heavy atom. The van der Waals surface area contributed by atoms with E-state index in [1.54, 1.807) is 27.7 Å². The number of carbonyl (C=O) groups excluding carboxylic acids is 2. The second-order valence-electron chi connectivity index (χ2n) is 9.10. The summed E-state index contributed by atoms with van der Waals surface area (Å²) in [5.41, 5.74) is 5.62. The number of aromatic hydroxyl groups is 1. The molecule has 1 heterocycles. The number of nitrogens with one attached hydrogen (secondary N) is 2. The Kier molecular flexibility index (Phi) is 12.4. The van der Waals surface area contributed by atoms with E-state index in [0.717, 1.165) is 0 Å². The van der Waals surface area contributed by atoms with E-state index >= 15 is 4.39 Å². The molecule has 0 aliphatic heterocycles. The zero-order valence-electron chi connectivity index (χ0n) is 23.3. The van der Waals surface area contributed by atoms with Crippen molar-refractivity contribution in [3.05, 3.63) is 52.3 Å². The van der Waals surface area contributed by atoms with E-state index in [-0.39, 0.29) is 16.8 Å². The molecule has 0 saturated carbocycles. The van der Waals surface area contributed by atoms with Gasteiger partial charge in [-0.15, -0.1) is 0 Å². The van der Waals surface area contributed by atoms with Gasteiger partial charge < -0.3 is 21.5 Å². The minimum atomic E-state index is -4.83. The molecule has 39 heavy (non-hydrogen) atoms. The number of aliphatic imine (C=N–C) groups is 1. The molecule has 1 aromatic heterocycles. The summed E-state index contributed by atoms with van der Waals surface area (Å²) in [4.78, 5) is 33.4. The summed E-state index contributed by atoms with van der Waals surface area (Å²) in [7, 11) is 0. The first kappa shape index (κ1) is 33.3. The Morgan fingerprint density at radius 1 is 1.15 bits per heavy atom. The molecule has 1 rings (SSSR count). The van der Waals surface area contributed by atoms with Gasteiger partial charge in [-0.1, -0.05) is 27.7 Å². The van der Waals surface area contributed by atoms with E-state index in [9.17, 15) is 27.9 Å². The van der Waals surface area contributed by atoms with Crippen LogP contribution in [0.5, 0.6) is 5.75 Å². The maximum absolute atomic E-state index is 15.2. The number of amides is 2. The van der Waals surface area contributed by atoms with Crippen LogP contribution in [0.25, 0.3) is 0 Å². The molecule has 12 heteroatoms. The predicted molar refractivity (Wildman–Crippen MR) is 143 cm³/mol. The van der Waals surface area contributed by atoms with Crippen molar-refractivity contribution in [3.63, 3.8) is 0 Å². The quantitative estimate of drug-likeness (QED) is 0.117. The van der Waals surface area contributed by atoms with Crippen molar-refractivity contribution in [2.45, 2.75) is 79.9 Å². The summed E-state index contributed by atoms with van der Waals surface area (Å²) in [6.07, 6.45) is -1.62. The number of aromatic nitrogens is 1. The first-order valence-electron chi connectivity index (χ1n) is 12.6. The van der Waals surface area contributed by atoms with Crippen molar-refractivity contribution in [1.29, 1.82) is 0 Å². The number of rotatable bonds is 11. The standard InChI is InChI=1S/C27H37F4N5O3/c1-8-14(4)22(23(28)24(32)15(5)9-2)26(39)35-17(7)19(10-3)33-12-16(6)25(38)36-21-11-18(27(29,30)31)20(37)13-34-21/h11-14,17,37H,8-10,32H2,1-7H3,(H,35,39)(H,34,36,38)/b16-12+,23-22-,24-15+,33-19+. The van der Waals surface area contributed by atoms with Gasteiger partial charge in [0, 0.05) is 17.5 Å². The molecule has 8 nitrogen and oxygen atoms in total. The van der Waals surface area contributed by atoms with Crippen LogP contribution in [0.4, 0.5) is 23.4 Å². The summed E-state index contributed by atoms with van der Waals surface area (Å²) in [6, 6.07) is -0.114. The predicted octanol–water partition coefficient (Wildman–Crippen LogP) is 5.92. The maximum Gasteiger partial charge on any atom is 0.420 e. The van der Waals surface area contributed by atoms with Crippen molar-refractivity contribution in [2.24, 2.45) is 16.6 Å². The molecule has 216 valence electrons. The number of nitrogens with two attached hydrogens (primary N) is 1. The van der Waals surface area contributed by atoms with Crippen LogP contribution >= 0.6 is 0 Å². The molecule has 2 unspecified atom stereocenters. The van der Waals surface area contributed by atoms with Gasteiger partial charge in [-0.2, -0.15) is 13.2 Å². The Labute approximate surface area is 226 Å². The Bertz CT molecular complexity index is 1190. The van der Waals surface area contributed by atoms with Crippen LogP contribution in [0.3, 0.4) is 0 Å². The molecule has 2 amide bonds. The molecule has 5 N–H and O–H groups in total. The molecule has 0 aromatic carbocycles. The normalized spacial score (nSPS) is 15.7. The highest BCUT2D eigenvalue weighted by Gasteiger charge is 2.34. The third kappa shape index (κ3) is 9.22. The number of alkyl halides is 3. The summed E-state index contributed by atoms with van der Waals surface area (Å²) in [6.45, 7) is 11.9. The van der Waals surface area contributed by atoms with Gasteiger partial charge in [-0.3, -0.25) is 14.6 Å². The molecule has 0 aliphatic rings. The van der Waals surface area contributed by atoms with E-state index in [1.165, 1.54) is 13.1 Å². The summed E-state index contributed by atoms with van der Waals surface area (Å²) in [5, 5.41) is 14.4. The average molecular weight is 556 g/mol. The lowest BCUT2D eigenvalue weighted by Crippen LogP contribution is -2.40. The lowest BCUT2D eigenvalue weighted by molar-refractivity contribution is -0.138. The van der Waals surface area contributed by atoms with Gasteiger partial charge in [-0.05, 0) is 57.6 Å². The average Bonchev–Trinajstić information content (AvgIpc) is 2.87. The highest BCUT2D eigenvalue weighted by Crippen LogP contribution is 2.36. The van der Waals surface area contributed by atoms with Crippen molar-refractivity contribution in [1.82, 2.24) is 10.3 Å². The lowest BCUT2D eigenvalue weighted by atomic mass is 9.94. The highest BCUT2D eigenvalue weighted by atomic mass is 19.4. The van der Waals surface area contributed by atoms with Crippen LogP contribution < -0.4 is 16.4 Å². The van der Waals surface area contributed by atoms with Crippen LogP contribution in [-0.2, 0) is 15.8 Å². The number of hydrogen-bond acceptors (Lipinski definition) is 6. The molecule has 0 spiro atoms. The fraction of sp³-hybridized carbons (Fsp3) is 0.481. The molecule has 2 atom stereocenters. The number of hydrogen-bond donors (Lipinski definition) is 4. The number of carbonyl (C=O) groups is 2. The lowest BCUT2D eigenvalue weighted by Gasteiger charge is -2.20. The van der Waals surface area contributed by atoms with Crippen LogP contribution in [-0.4, -0.2) is 33.7 Å². The number of pyridine rings is 1. The minimum absolute atomic E-state index is 0.0436. The van der Waals surface area contributed by atoms with Gasteiger partial charge in [0.1, 0.15) is 17.1 Å². The van der Waals surface area contributed by atoms with Crippen LogP contribution in [0.2, 0.25) is 0 Å². The molecule has 0 aliphatic carbocycles. The number of anilines is 1. The van der Waals surface area contributed by atoms with E-state index in [1.807, 2.05) is 13.8 Å². The smallest absolute Gasteiger partial charge is 0.420 e. The SMILES string of the molecule is CC/C(=N\C=C(/C)C(=O)Nc1cc(C(F)(F)F)c(O)cn1)C(C)NC(=O)/C(=C(F)/C(N)=C(/C)CC)C(C)CC. The van der Waals surface area contributed by atoms with E-state index < -0.39 is 52.9 Å². The molecular formula is C27H37F4N5O3. The summed E-state index contributed by atoms with van der Waals surface area (Å²) in [5.74, 6) is -4.02. The van der Waals surface area contributed by atoms with Gasteiger partial charge in [0.05, 0.1) is 23.5 Å². The van der Waals surface area contributed by atoms with Crippen LogP contribution in [0.1, 0.15) is 73.3 Å². The van der Waals surface area contributed by atoms with Crippen molar-refractivity contribution in [2.75, 3.05) is 5.32 Å². The Hall–Kier alpha value is -3.70. The van der Waals surface area contributed by atoms with Gasteiger partial charge in [0.2, 0.25) is 0 Å². The van der Waals surface area contributed by atoms with Crippen molar-refractivity contribution < 1.29 is 32.3 Å². The van der Waals surface area contributed by atoms with Crippen LogP contribution in [0.15, 0.2) is 51.7 Å². The highest BCUT2D eigenvalue weighted by molar-refractivity contribution is 6.03. The second-order valence-corrected chi connectivity index (χ2v) is 9.10. The maximum atomic E-state index is 15.2. The topological polar surface area (TPSA) is 130 Å². The second kappa shape index (κ2) is 14.5. The largest absolute Gasteiger partial charge is 0.506 e. The summed E-state index contributed by atoms with van der Waals surface area (Å²) < 4.78 is 54.2. The van der Waals surface area contributed by atoms with Gasteiger partial charge in [0.25, 0.3) is 11.8 Å². The monoisotopic (exact) mass is 555 g/mol. The zero-order valence-corrected chi connectivity index (χ0v) is 23.3. The van der Waals surface area contributed by atoms with Crippen LogP contribution in [0, 0.1) is 5.92 Å². The minimum Gasteiger partial charge on any atom is -0.506 e. The Morgan fingerprint density at radius 2 is 1.77 bits per heavy atom. The van der Waals surface area contributed by atoms with Crippen molar-refractivity contribution >= 4 is 23.3 Å². The molecule has 0 bridgehead atoms. The fourth-order valence-corrected chi connectivity index (χ4v) is 3.33. The van der Waals surface area contributed by atoms with Gasteiger partial charge in [0.15, 0.2) is 5.83 Å². The van der Waals surface area contributed by atoms with E-state index in [4.69, 9.17) is 5.73 Å². The Balaban J connectivity index is 3.15. The third-order valence-electron chi connectivity index (χ3n) is 6.23. The number of nitrogens with zero attached hydrogens (tertiary/aromatic N) is 2. The summed E-state index contributed by atoms with van der Waals surface area (Å²) >= 11 is 0. The first-order chi connectivity index (χ1) is 18.1. The fourth-order valence-electron chi connectivity index (χ4n) is 3.33. The molecule has 0 fully saturated rings. The number of allylic oxidation sites excluding steroid dienone is 2. The van der Waals surface area contributed by atoms with Gasteiger partial charge >= 0.3 is 6.18 Å². The van der Waals surface area contributed by atoms with E-state index in [2.05, 4.69) is 20.6 Å². The molecular weight excluding hydrogens is 518 g/mol. The zero-order chi connectivity index (χ0) is 30.1. The third-order valence-corrected chi connectivity index (χ3v) is 6.23.